The average Bonchev–Trinajstić information content (AvgIpc) is 2.21. The van der Waals surface area contributed by atoms with Crippen molar-refractivity contribution in [2.75, 3.05) is 6.54 Å². The number of hydrogen-bond donors (Lipinski definition) is 1. The Hall–Kier alpha value is -1.41. The molecule has 0 spiro atoms. The third-order valence-electron chi connectivity index (χ3n) is 3.08. The van der Waals surface area contributed by atoms with Gasteiger partial charge in [-0.3, -0.25) is 19.8 Å². The van der Waals surface area contributed by atoms with Crippen molar-refractivity contribution >= 4 is 11.8 Å². The van der Waals surface area contributed by atoms with Crippen LogP contribution in [-0.2, 0) is 9.59 Å². The van der Waals surface area contributed by atoms with Gasteiger partial charge in [0.25, 0.3) is 0 Å². The number of imide groups is 1. The van der Waals surface area contributed by atoms with Crippen molar-refractivity contribution in [3.05, 3.63) is 0 Å². The number of nitrogens with zero attached hydrogens (tertiary/aromatic N) is 2. The molecule has 0 radical (unpaired) electrons. The Balaban J connectivity index is 2.94. The summed E-state index contributed by atoms with van der Waals surface area (Å²) in [6.45, 7) is 5.68. The van der Waals surface area contributed by atoms with Gasteiger partial charge in [-0.1, -0.05) is 6.92 Å². The molecular formula is C11H17N3O2. The van der Waals surface area contributed by atoms with Gasteiger partial charge in [-0.15, -0.1) is 0 Å². The van der Waals surface area contributed by atoms with E-state index in [-0.39, 0.29) is 24.4 Å². The molecule has 5 heteroatoms. The minimum atomic E-state index is -0.731. The standard InChI is InChI=1S/C11H17N3O2/c1-4-8(5-6-12)14-7-9(15)13-10(16)11(14,2)3/h8H,4-5,7H2,1-3H3,(H,13,15,16). The zero-order valence-electron chi connectivity index (χ0n) is 9.91. The molecule has 88 valence electrons. The molecule has 1 fully saturated rings. The molecule has 1 unspecified atom stereocenters. The summed E-state index contributed by atoms with van der Waals surface area (Å²) >= 11 is 0. The van der Waals surface area contributed by atoms with E-state index < -0.39 is 5.54 Å². The molecule has 5 nitrogen and oxygen atoms in total. The number of rotatable bonds is 3. The Bertz CT molecular complexity index is 344. The summed E-state index contributed by atoms with van der Waals surface area (Å²) in [4.78, 5) is 24.9. The largest absolute Gasteiger partial charge is 0.294 e. The molecule has 0 aromatic carbocycles. The molecule has 1 aliphatic heterocycles. The van der Waals surface area contributed by atoms with Crippen LogP contribution < -0.4 is 5.32 Å². The van der Waals surface area contributed by atoms with Gasteiger partial charge in [-0.25, -0.2) is 0 Å². The second-order valence-corrected chi connectivity index (χ2v) is 4.49. The molecule has 1 saturated heterocycles. The van der Waals surface area contributed by atoms with Crippen molar-refractivity contribution in [3.8, 4) is 6.07 Å². The Labute approximate surface area is 95.4 Å². The Kier molecular flexibility index (Phi) is 3.66. The molecule has 0 aliphatic carbocycles. The number of nitriles is 1. The first kappa shape index (κ1) is 12.7. The van der Waals surface area contributed by atoms with Crippen molar-refractivity contribution in [3.63, 3.8) is 0 Å². The average molecular weight is 223 g/mol. The predicted molar refractivity (Wildman–Crippen MR) is 58.2 cm³/mol. The van der Waals surface area contributed by atoms with Gasteiger partial charge in [0.05, 0.1) is 24.6 Å². The van der Waals surface area contributed by atoms with Crippen LogP contribution in [0.25, 0.3) is 0 Å². The van der Waals surface area contributed by atoms with Crippen LogP contribution in [0.4, 0.5) is 0 Å². The first-order valence-electron chi connectivity index (χ1n) is 5.41. The lowest BCUT2D eigenvalue weighted by Gasteiger charge is -2.44. The van der Waals surface area contributed by atoms with Crippen LogP contribution in [0.3, 0.4) is 0 Å². The van der Waals surface area contributed by atoms with E-state index in [2.05, 4.69) is 11.4 Å². The highest BCUT2D eigenvalue weighted by Crippen LogP contribution is 2.23. The van der Waals surface area contributed by atoms with E-state index in [0.717, 1.165) is 6.42 Å². The number of piperazine rings is 1. The third kappa shape index (κ3) is 2.22. The van der Waals surface area contributed by atoms with Crippen LogP contribution in [-0.4, -0.2) is 34.8 Å². The molecule has 16 heavy (non-hydrogen) atoms. The van der Waals surface area contributed by atoms with Gasteiger partial charge in [-0.05, 0) is 20.3 Å². The number of nitrogens with one attached hydrogen (secondary N) is 1. The molecule has 1 atom stereocenters. The lowest BCUT2D eigenvalue weighted by atomic mass is 9.94. The van der Waals surface area contributed by atoms with E-state index in [9.17, 15) is 9.59 Å². The van der Waals surface area contributed by atoms with E-state index in [1.54, 1.807) is 13.8 Å². The summed E-state index contributed by atoms with van der Waals surface area (Å²) in [5.41, 5.74) is -0.731. The van der Waals surface area contributed by atoms with Crippen LogP contribution in [0, 0.1) is 11.3 Å². The van der Waals surface area contributed by atoms with Gasteiger partial charge in [0.15, 0.2) is 0 Å². The SMILES string of the molecule is CCC(CC#N)N1CC(=O)NC(=O)C1(C)C. The molecule has 1 rings (SSSR count). The fourth-order valence-electron chi connectivity index (χ4n) is 1.97. The van der Waals surface area contributed by atoms with Crippen molar-refractivity contribution in [2.24, 2.45) is 0 Å². The summed E-state index contributed by atoms with van der Waals surface area (Å²) in [5, 5.41) is 11.1. The van der Waals surface area contributed by atoms with Gasteiger partial charge in [0, 0.05) is 6.04 Å². The van der Waals surface area contributed by atoms with Crippen LogP contribution in [0.1, 0.15) is 33.6 Å². The maximum Gasteiger partial charge on any atom is 0.246 e. The smallest absolute Gasteiger partial charge is 0.246 e. The molecule has 1 aliphatic rings. The van der Waals surface area contributed by atoms with Gasteiger partial charge < -0.3 is 0 Å². The highest BCUT2D eigenvalue weighted by molar-refractivity contribution is 6.02. The Morgan fingerprint density at radius 1 is 1.56 bits per heavy atom. The maximum absolute atomic E-state index is 11.7. The number of hydrogen-bond acceptors (Lipinski definition) is 4. The molecule has 0 saturated carbocycles. The lowest BCUT2D eigenvalue weighted by Crippen LogP contribution is -2.66. The normalized spacial score (nSPS) is 22.4. The lowest BCUT2D eigenvalue weighted by molar-refractivity contribution is -0.147. The third-order valence-corrected chi connectivity index (χ3v) is 3.08. The fraction of sp³-hybridized carbons (Fsp3) is 0.727. The molecule has 1 heterocycles. The highest BCUT2D eigenvalue weighted by Gasteiger charge is 2.43. The van der Waals surface area contributed by atoms with Crippen molar-refractivity contribution in [2.45, 2.75) is 45.2 Å². The molecule has 0 aromatic rings. The highest BCUT2D eigenvalue weighted by atomic mass is 16.2. The Morgan fingerprint density at radius 2 is 2.19 bits per heavy atom. The first-order valence-corrected chi connectivity index (χ1v) is 5.41. The molecule has 1 N–H and O–H groups in total. The fourth-order valence-corrected chi connectivity index (χ4v) is 1.97. The maximum atomic E-state index is 11.7. The van der Waals surface area contributed by atoms with Crippen LogP contribution in [0.15, 0.2) is 0 Å². The van der Waals surface area contributed by atoms with E-state index in [0.29, 0.717) is 6.42 Å². The van der Waals surface area contributed by atoms with Gasteiger partial charge in [0.1, 0.15) is 0 Å². The second-order valence-electron chi connectivity index (χ2n) is 4.49. The predicted octanol–water partition coefficient (Wildman–Crippen LogP) is 0.416. The summed E-state index contributed by atoms with van der Waals surface area (Å²) < 4.78 is 0. The summed E-state index contributed by atoms with van der Waals surface area (Å²) in [6, 6.07) is 2.05. The summed E-state index contributed by atoms with van der Waals surface area (Å²) in [6.07, 6.45) is 1.08. The minimum Gasteiger partial charge on any atom is -0.294 e. The van der Waals surface area contributed by atoms with Gasteiger partial charge in [-0.2, -0.15) is 5.26 Å². The van der Waals surface area contributed by atoms with E-state index >= 15 is 0 Å². The van der Waals surface area contributed by atoms with Crippen molar-refractivity contribution < 1.29 is 9.59 Å². The summed E-state index contributed by atoms with van der Waals surface area (Å²) in [5.74, 6) is -0.583. The molecular weight excluding hydrogens is 206 g/mol. The van der Waals surface area contributed by atoms with Crippen LogP contribution in [0.5, 0.6) is 0 Å². The molecule has 0 bridgehead atoms. The topological polar surface area (TPSA) is 73.2 Å². The number of amides is 2. The van der Waals surface area contributed by atoms with Crippen molar-refractivity contribution in [1.82, 2.24) is 10.2 Å². The van der Waals surface area contributed by atoms with Gasteiger partial charge >= 0.3 is 0 Å². The van der Waals surface area contributed by atoms with Gasteiger partial charge in [0.2, 0.25) is 11.8 Å². The van der Waals surface area contributed by atoms with E-state index in [4.69, 9.17) is 5.26 Å². The van der Waals surface area contributed by atoms with E-state index in [1.807, 2.05) is 11.8 Å². The van der Waals surface area contributed by atoms with Crippen LogP contribution >= 0.6 is 0 Å². The minimum absolute atomic E-state index is 0.0463. The summed E-state index contributed by atoms with van der Waals surface area (Å²) in [7, 11) is 0. The Morgan fingerprint density at radius 3 is 2.69 bits per heavy atom. The zero-order chi connectivity index (χ0) is 12.3. The second kappa shape index (κ2) is 4.62. The zero-order valence-corrected chi connectivity index (χ0v) is 9.91. The van der Waals surface area contributed by atoms with Crippen LogP contribution in [0.2, 0.25) is 0 Å². The quantitative estimate of drug-likeness (QED) is 0.703. The molecule has 0 aromatic heterocycles. The number of carbonyl (C=O) groups is 2. The van der Waals surface area contributed by atoms with Crippen molar-refractivity contribution in [1.29, 1.82) is 5.26 Å². The number of carbonyl (C=O) groups excluding carboxylic acids is 2. The molecule has 2 amide bonds. The monoisotopic (exact) mass is 223 g/mol. The first-order chi connectivity index (χ1) is 7.43. The van der Waals surface area contributed by atoms with E-state index in [1.165, 1.54) is 0 Å².